The lowest BCUT2D eigenvalue weighted by Crippen LogP contribution is -2.24. The van der Waals surface area contributed by atoms with Crippen molar-refractivity contribution in [1.29, 1.82) is 5.26 Å². The van der Waals surface area contributed by atoms with Gasteiger partial charge in [-0.05, 0) is 51.5 Å². The van der Waals surface area contributed by atoms with Gasteiger partial charge in [0.2, 0.25) is 0 Å². The second kappa shape index (κ2) is 6.55. The minimum Gasteiger partial charge on any atom is -0.494 e. The molecule has 0 aromatic heterocycles. The highest BCUT2D eigenvalue weighted by atomic mass is 32.2. The smallest absolute Gasteiger partial charge is 0.119 e. The molecule has 1 aromatic carbocycles. The normalized spacial score (nSPS) is 12.8. The third-order valence-corrected chi connectivity index (χ3v) is 4.43. The first kappa shape index (κ1) is 14.7. The van der Waals surface area contributed by atoms with E-state index in [1.165, 1.54) is 0 Å². The standard InChI is InChI=1S/C14H19NO2S/c1-14(2,3)18(16)10-4-9-17-13-7-5-12(11-15)6-8-13/h5-8H,4,9-10H2,1-3H3. The second-order valence-corrected chi connectivity index (χ2v) is 7.32. The summed E-state index contributed by atoms with van der Waals surface area (Å²) in [6.07, 6.45) is 0.768. The van der Waals surface area contributed by atoms with Crippen LogP contribution in [0, 0.1) is 11.3 Å². The van der Waals surface area contributed by atoms with E-state index in [4.69, 9.17) is 10.00 Å². The molecule has 0 fully saturated rings. The van der Waals surface area contributed by atoms with Crippen molar-refractivity contribution < 1.29 is 8.95 Å². The van der Waals surface area contributed by atoms with Crippen molar-refractivity contribution >= 4 is 10.8 Å². The van der Waals surface area contributed by atoms with Gasteiger partial charge in [0.1, 0.15) is 5.75 Å². The van der Waals surface area contributed by atoms with Gasteiger partial charge in [-0.1, -0.05) is 0 Å². The van der Waals surface area contributed by atoms with Crippen molar-refractivity contribution in [2.75, 3.05) is 12.4 Å². The first-order chi connectivity index (χ1) is 8.43. The molecule has 0 radical (unpaired) electrons. The molecule has 1 aromatic rings. The van der Waals surface area contributed by atoms with Gasteiger partial charge in [-0.3, -0.25) is 4.21 Å². The maximum absolute atomic E-state index is 11.8. The number of nitrogens with zero attached hydrogens (tertiary/aromatic N) is 1. The molecular weight excluding hydrogens is 246 g/mol. The summed E-state index contributed by atoms with van der Waals surface area (Å²) in [4.78, 5) is 0. The summed E-state index contributed by atoms with van der Waals surface area (Å²) in [5.74, 6) is 1.40. The lowest BCUT2D eigenvalue weighted by molar-refractivity contribution is 0.318. The van der Waals surface area contributed by atoms with Gasteiger partial charge in [0.25, 0.3) is 0 Å². The highest BCUT2D eigenvalue weighted by molar-refractivity contribution is 7.86. The fourth-order valence-corrected chi connectivity index (χ4v) is 2.30. The third-order valence-electron chi connectivity index (χ3n) is 2.41. The van der Waals surface area contributed by atoms with Crippen LogP contribution >= 0.6 is 0 Å². The van der Waals surface area contributed by atoms with Crippen LogP contribution in [0.15, 0.2) is 24.3 Å². The highest BCUT2D eigenvalue weighted by Crippen LogP contribution is 2.14. The number of benzene rings is 1. The van der Waals surface area contributed by atoms with Gasteiger partial charge in [0.15, 0.2) is 0 Å². The Labute approximate surface area is 111 Å². The monoisotopic (exact) mass is 265 g/mol. The third kappa shape index (κ3) is 4.89. The summed E-state index contributed by atoms with van der Waals surface area (Å²) in [5.41, 5.74) is 0.621. The van der Waals surface area contributed by atoms with Crippen LogP contribution in [0.5, 0.6) is 5.75 Å². The molecule has 1 atom stereocenters. The Morgan fingerprint density at radius 3 is 2.39 bits per heavy atom. The molecular formula is C14H19NO2S. The molecule has 4 heteroatoms. The van der Waals surface area contributed by atoms with Crippen LogP contribution in [0.3, 0.4) is 0 Å². The lowest BCUT2D eigenvalue weighted by atomic mass is 10.2. The van der Waals surface area contributed by atoms with Crippen molar-refractivity contribution in [3.8, 4) is 11.8 Å². The van der Waals surface area contributed by atoms with Gasteiger partial charge in [-0.25, -0.2) is 0 Å². The fourth-order valence-electron chi connectivity index (χ4n) is 1.31. The summed E-state index contributed by atoms with van der Waals surface area (Å²) in [6, 6.07) is 9.06. The topological polar surface area (TPSA) is 50.1 Å². The zero-order valence-corrected chi connectivity index (χ0v) is 11.9. The van der Waals surface area contributed by atoms with E-state index in [1.807, 2.05) is 20.8 Å². The molecule has 0 aliphatic carbocycles. The number of hydrogen-bond donors (Lipinski definition) is 0. The predicted molar refractivity (Wildman–Crippen MR) is 74.0 cm³/mol. The molecule has 0 saturated carbocycles. The maximum Gasteiger partial charge on any atom is 0.119 e. The second-order valence-electron chi connectivity index (χ2n) is 5.00. The van der Waals surface area contributed by atoms with Gasteiger partial charge >= 0.3 is 0 Å². The Morgan fingerprint density at radius 1 is 1.28 bits per heavy atom. The Balaban J connectivity index is 2.30. The van der Waals surface area contributed by atoms with E-state index in [0.717, 1.165) is 12.2 Å². The average Bonchev–Trinajstić information content (AvgIpc) is 2.34. The van der Waals surface area contributed by atoms with E-state index in [9.17, 15) is 4.21 Å². The predicted octanol–water partition coefficient (Wildman–Crippen LogP) is 2.87. The largest absolute Gasteiger partial charge is 0.494 e. The summed E-state index contributed by atoms with van der Waals surface area (Å²) >= 11 is 0. The van der Waals surface area contributed by atoms with Crippen LogP contribution in [-0.2, 0) is 10.8 Å². The van der Waals surface area contributed by atoms with Crippen LogP contribution in [-0.4, -0.2) is 21.3 Å². The van der Waals surface area contributed by atoms with Crippen molar-refractivity contribution in [2.24, 2.45) is 0 Å². The van der Waals surface area contributed by atoms with Crippen LogP contribution in [0.2, 0.25) is 0 Å². The SMILES string of the molecule is CC(C)(C)S(=O)CCCOc1ccc(C#N)cc1. The van der Waals surface area contributed by atoms with Crippen LogP contribution in [0.1, 0.15) is 32.8 Å². The summed E-state index contributed by atoms with van der Waals surface area (Å²) in [7, 11) is -0.823. The fraction of sp³-hybridized carbons (Fsp3) is 0.500. The van der Waals surface area contributed by atoms with Crippen LogP contribution in [0.4, 0.5) is 0 Å². The first-order valence-corrected chi connectivity index (χ1v) is 7.27. The van der Waals surface area contributed by atoms with Crippen molar-refractivity contribution in [3.63, 3.8) is 0 Å². The minimum atomic E-state index is -0.823. The van der Waals surface area contributed by atoms with Crippen LogP contribution < -0.4 is 4.74 Å². The van der Waals surface area contributed by atoms with Gasteiger partial charge in [0, 0.05) is 21.3 Å². The lowest BCUT2D eigenvalue weighted by Gasteiger charge is -2.17. The molecule has 0 aliphatic rings. The molecule has 1 rings (SSSR count). The number of ether oxygens (including phenoxy) is 1. The zero-order chi connectivity index (χ0) is 13.6. The molecule has 0 saturated heterocycles. The van der Waals surface area contributed by atoms with Gasteiger partial charge in [0.05, 0.1) is 18.2 Å². The van der Waals surface area contributed by atoms with Crippen LogP contribution in [0.25, 0.3) is 0 Å². The maximum atomic E-state index is 11.8. The number of rotatable bonds is 5. The Kier molecular flexibility index (Phi) is 5.36. The molecule has 0 aliphatic heterocycles. The van der Waals surface area contributed by atoms with E-state index >= 15 is 0 Å². The average molecular weight is 265 g/mol. The van der Waals surface area contributed by atoms with Crippen molar-refractivity contribution in [2.45, 2.75) is 31.9 Å². The van der Waals surface area contributed by atoms with E-state index in [2.05, 4.69) is 6.07 Å². The Morgan fingerprint density at radius 2 is 1.89 bits per heavy atom. The molecule has 0 spiro atoms. The van der Waals surface area contributed by atoms with Gasteiger partial charge in [-0.15, -0.1) is 0 Å². The van der Waals surface area contributed by atoms with E-state index in [1.54, 1.807) is 24.3 Å². The molecule has 0 N–H and O–H groups in total. The van der Waals surface area contributed by atoms with Crippen molar-refractivity contribution in [3.05, 3.63) is 29.8 Å². The summed E-state index contributed by atoms with van der Waals surface area (Å²) in [5, 5.41) is 8.66. The quantitative estimate of drug-likeness (QED) is 0.769. The van der Waals surface area contributed by atoms with E-state index in [-0.39, 0.29) is 4.75 Å². The minimum absolute atomic E-state index is 0.158. The first-order valence-electron chi connectivity index (χ1n) is 5.95. The van der Waals surface area contributed by atoms with Crippen molar-refractivity contribution in [1.82, 2.24) is 0 Å². The summed E-state index contributed by atoms with van der Waals surface area (Å²) < 4.78 is 17.1. The zero-order valence-electron chi connectivity index (χ0n) is 11.1. The number of nitriles is 1. The highest BCUT2D eigenvalue weighted by Gasteiger charge is 2.18. The molecule has 18 heavy (non-hydrogen) atoms. The Hall–Kier alpha value is -1.34. The van der Waals surface area contributed by atoms with Gasteiger partial charge in [-0.2, -0.15) is 5.26 Å². The van der Waals surface area contributed by atoms with Gasteiger partial charge < -0.3 is 4.74 Å². The summed E-state index contributed by atoms with van der Waals surface area (Å²) in [6.45, 7) is 6.48. The van der Waals surface area contributed by atoms with E-state index < -0.39 is 10.8 Å². The molecule has 0 amide bonds. The molecule has 1 unspecified atom stereocenters. The molecule has 3 nitrogen and oxygen atoms in total. The molecule has 0 bridgehead atoms. The molecule has 98 valence electrons. The molecule has 0 heterocycles. The number of hydrogen-bond acceptors (Lipinski definition) is 3. The van der Waals surface area contributed by atoms with E-state index in [0.29, 0.717) is 17.9 Å². The Bertz CT molecular complexity index is 440.